The van der Waals surface area contributed by atoms with Gasteiger partial charge in [-0.15, -0.1) is 0 Å². The van der Waals surface area contributed by atoms with Crippen molar-refractivity contribution in [3.05, 3.63) is 24.3 Å². The summed E-state index contributed by atoms with van der Waals surface area (Å²) in [4.78, 5) is 11.0. The maximum Gasteiger partial charge on any atom is 0.221 e. The van der Waals surface area contributed by atoms with Gasteiger partial charge in [0.05, 0.1) is 159 Å². The number of hydrogen-bond acceptors (Lipinski definition) is 14. The van der Waals surface area contributed by atoms with Crippen LogP contribution in [0.1, 0.15) is 6.92 Å². The van der Waals surface area contributed by atoms with Crippen molar-refractivity contribution in [2.75, 3.05) is 176 Å². The fourth-order valence-corrected chi connectivity index (χ4v) is 3.86. The molecule has 0 aromatic heterocycles. The zero-order valence-corrected chi connectivity index (χ0v) is 31.4. The lowest BCUT2D eigenvalue weighted by Crippen LogP contribution is -2.15. The average Bonchev–Trinajstić information content (AvgIpc) is 3.11. The zero-order valence-electron chi connectivity index (χ0n) is 29.8. The second-order valence-corrected chi connectivity index (χ2v) is 10.9. The predicted molar refractivity (Wildman–Crippen MR) is 190 cm³/mol. The minimum atomic E-state index is -0.109. The van der Waals surface area contributed by atoms with E-state index in [4.69, 9.17) is 61.6 Å². The summed E-state index contributed by atoms with van der Waals surface area (Å²) in [5.41, 5.74) is 0.731. The van der Waals surface area contributed by atoms with Gasteiger partial charge in [-0.25, -0.2) is 0 Å². The summed E-state index contributed by atoms with van der Waals surface area (Å²) in [6.45, 7) is 14.3. The molecule has 50 heavy (non-hydrogen) atoms. The topological polar surface area (TPSA) is 149 Å². The summed E-state index contributed by atoms with van der Waals surface area (Å²) in [6.07, 6.45) is 0. The molecule has 0 spiro atoms. The van der Waals surface area contributed by atoms with Crippen LogP contribution in [0, 0.1) is 0 Å². The van der Waals surface area contributed by atoms with E-state index < -0.39 is 0 Å². The number of alkyl halides is 1. The Morgan fingerprint density at radius 2 is 0.660 bits per heavy atom. The molecular formula is C34H60BrNO14. The highest BCUT2D eigenvalue weighted by molar-refractivity contribution is 9.09. The second kappa shape index (κ2) is 38.7. The molecule has 0 aliphatic heterocycles. The summed E-state index contributed by atoms with van der Waals surface area (Å²) in [5.74, 6) is 0.607. The lowest BCUT2D eigenvalue weighted by molar-refractivity contribution is -0.114. The van der Waals surface area contributed by atoms with Crippen molar-refractivity contribution in [3.8, 4) is 5.75 Å². The zero-order chi connectivity index (χ0) is 35.8. The van der Waals surface area contributed by atoms with Gasteiger partial charge < -0.3 is 66.9 Å². The summed E-state index contributed by atoms with van der Waals surface area (Å²) in [6, 6.07) is 7.17. The first-order valence-electron chi connectivity index (χ1n) is 17.2. The van der Waals surface area contributed by atoms with Crippen LogP contribution in [0.15, 0.2) is 24.3 Å². The Hall–Kier alpha value is -1.51. The second-order valence-electron chi connectivity index (χ2n) is 10.1. The van der Waals surface area contributed by atoms with Gasteiger partial charge in [-0.2, -0.15) is 0 Å². The third-order valence-electron chi connectivity index (χ3n) is 5.98. The molecule has 0 unspecified atom stereocenters. The van der Waals surface area contributed by atoms with Crippen molar-refractivity contribution in [1.82, 2.24) is 0 Å². The molecule has 0 aliphatic carbocycles. The Kier molecular flexibility index (Phi) is 36.0. The number of nitrogens with one attached hydrogen (secondary N) is 1. The van der Waals surface area contributed by atoms with Gasteiger partial charge in [-0.1, -0.05) is 15.9 Å². The molecule has 0 aliphatic rings. The first-order chi connectivity index (χ1) is 24.7. The van der Waals surface area contributed by atoms with Crippen molar-refractivity contribution in [3.63, 3.8) is 0 Å². The predicted octanol–water partition coefficient (Wildman–Crippen LogP) is 2.62. The van der Waals surface area contributed by atoms with Crippen LogP contribution in [-0.2, 0) is 61.6 Å². The van der Waals surface area contributed by atoms with E-state index >= 15 is 0 Å². The number of ether oxygens (including phenoxy) is 13. The van der Waals surface area contributed by atoms with Crippen LogP contribution >= 0.6 is 15.9 Å². The van der Waals surface area contributed by atoms with E-state index in [-0.39, 0.29) is 5.91 Å². The summed E-state index contributed by atoms with van der Waals surface area (Å²) in [5, 5.41) is 3.54. The largest absolute Gasteiger partial charge is 0.491 e. The number of anilines is 1. The van der Waals surface area contributed by atoms with Gasteiger partial charge >= 0.3 is 0 Å². The van der Waals surface area contributed by atoms with Gasteiger partial charge in [-0.3, -0.25) is 4.79 Å². The van der Waals surface area contributed by atoms with Crippen molar-refractivity contribution in [2.24, 2.45) is 0 Å². The third kappa shape index (κ3) is 34.9. The van der Waals surface area contributed by atoms with Crippen molar-refractivity contribution >= 4 is 27.5 Å². The molecule has 1 N–H and O–H groups in total. The molecule has 15 nitrogen and oxygen atoms in total. The van der Waals surface area contributed by atoms with Crippen LogP contribution in [0.4, 0.5) is 5.69 Å². The molecular weight excluding hydrogens is 726 g/mol. The first kappa shape index (κ1) is 46.5. The lowest BCUT2D eigenvalue weighted by atomic mass is 10.3. The highest BCUT2D eigenvalue weighted by Gasteiger charge is 1.99. The molecule has 1 aromatic carbocycles. The van der Waals surface area contributed by atoms with Gasteiger partial charge in [0.2, 0.25) is 5.91 Å². The molecule has 0 bridgehead atoms. The Labute approximate surface area is 306 Å². The van der Waals surface area contributed by atoms with E-state index in [9.17, 15) is 4.79 Å². The number of amides is 1. The molecule has 0 saturated carbocycles. The SMILES string of the molecule is CC(=O)Nc1ccc(OCCOCCOCCOCCOCCOCCOCCOCCOCCOCCOCCOCCOCCBr)cc1. The van der Waals surface area contributed by atoms with E-state index in [1.165, 1.54) is 6.92 Å². The Morgan fingerprint density at radius 3 is 0.900 bits per heavy atom. The molecule has 0 atom stereocenters. The molecule has 1 aromatic rings. The highest BCUT2D eigenvalue weighted by Crippen LogP contribution is 2.15. The monoisotopic (exact) mass is 785 g/mol. The smallest absolute Gasteiger partial charge is 0.221 e. The van der Waals surface area contributed by atoms with Crippen LogP contribution in [0.25, 0.3) is 0 Å². The molecule has 0 saturated heterocycles. The third-order valence-corrected chi connectivity index (χ3v) is 6.31. The molecule has 0 heterocycles. The van der Waals surface area contributed by atoms with E-state index in [0.717, 1.165) is 11.0 Å². The minimum absolute atomic E-state index is 0.109. The minimum Gasteiger partial charge on any atom is -0.491 e. The quantitative estimate of drug-likeness (QED) is 0.0768. The van der Waals surface area contributed by atoms with Gasteiger partial charge in [0, 0.05) is 17.9 Å². The maximum absolute atomic E-state index is 11.0. The number of rotatable bonds is 40. The van der Waals surface area contributed by atoms with Crippen molar-refractivity contribution < 1.29 is 66.4 Å². The summed E-state index contributed by atoms with van der Waals surface area (Å²) in [7, 11) is 0. The van der Waals surface area contributed by atoms with Gasteiger partial charge in [0.25, 0.3) is 0 Å². The number of hydrogen-bond donors (Lipinski definition) is 1. The molecule has 1 amide bonds. The van der Waals surface area contributed by atoms with Gasteiger partial charge in [0.1, 0.15) is 12.4 Å². The Morgan fingerprint density at radius 1 is 0.420 bits per heavy atom. The standard InChI is InChI=1S/C34H60BrNO14/c1-32(37)36-33-2-4-34(5-3-33)50-31-30-49-29-28-48-27-26-47-25-24-46-23-22-45-21-20-44-19-18-43-17-16-42-15-14-41-13-12-40-11-10-39-9-8-38-7-6-35/h2-5H,6-31H2,1H3,(H,36,37). The van der Waals surface area contributed by atoms with Crippen molar-refractivity contribution in [1.29, 1.82) is 0 Å². The van der Waals surface area contributed by atoms with Gasteiger partial charge in [0.15, 0.2) is 0 Å². The Bertz CT molecular complexity index is 843. The Balaban J connectivity index is 1.65. The van der Waals surface area contributed by atoms with E-state index in [1.807, 2.05) is 0 Å². The van der Waals surface area contributed by atoms with E-state index in [0.29, 0.717) is 171 Å². The van der Waals surface area contributed by atoms with Crippen LogP contribution < -0.4 is 10.1 Å². The molecule has 1 rings (SSSR count). The number of benzene rings is 1. The van der Waals surface area contributed by atoms with Crippen LogP contribution in [0.3, 0.4) is 0 Å². The summed E-state index contributed by atoms with van der Waals surface area (Å²) >= 11 is 3.30. The number of carbonyl (C=O) groups is 1. The van der Waals surface area contributed by atoms with Crippen molar-refractivity contribution in [2.45, 2.75) is 6.92 Å². The number of halogens is 1. The maximum atomic E-state index is 11.0. The molecule has 0 radical (unpaired) electrons. The first-order valence-corrected chi connectivity index (χ1v) is 18.3. The van der Waals surface area contributed by atoms with E-state index in [2.05, 4.69) is 21.2 Å². The van der Waals surface area contributed by atoms with Crippen LogP contribution in [0.2, 0.25) is 0 Å². The normalized spacial score (nSPS) is 11.3. The molecule has 292 valence electrons. The van der Waals surface area contributed by atoms with Crippen LogP contribution in [-0.4, -0.2) is 176 Å². The van der Waals surface area contributed by atoms with Crippen LogP contribution in [0.5, 0.6) is 5.75 Å². The molecule has 16 heteroatoms. The summed E-state index contributed by atoms with van der Waals surface area (Å²) < 4.78 is 71.0. The highest BCUT2D eigenvalue weighted by atomic mass is 79.9. The molecule has 0 fully saturated rings. The van der Waals surface area contributed by atoms with Gasteiger partial charge in [-0.05, 0) is 24.3 Å². The van der Waals surface area contributed by atoms with E-state index in [1.54, 1.807) is 24.3 Å². The number of carbonyl (C=O) groups excluding carboxylic acids is 1. The lowest BCUT2D eigenvalue weighted by Gasteiger charge is -2.09. The fourth-order valence-electron chi connectivity index (χ4n) is 3.63. The average molecular weight is 787 g/mol. The fraction of sp³-hybridized carbons (Fsp3) is 0.794.